The number of aliphatic hydroxyl groups excluding tert-OH is 1. The number of hydrogen-bond donors (Lipinski definition) is 3. The summed E-state index contributed by atoms with van der Waals surface area (Å²) in [6.45, 7) is 6.53. The molecule has 0 aliphatic carbocycles. The van der Waals surface area contributed by atoms with Gasteiger partial charge in [0.2, 0.25) is 16.8 Å². The van der Waals surface area contributed by atoms with Gasteiger partial charge in [-0.15, -0.1) is 0 Å². The van der Waals surface area contributed by atoms with Crippen molar-refractivity contribution in [3.05, 3.63) is 48.0 Å². The van der Waals surface area contributed by atoms with Gasteiger partial charge in [0.05, 0.1) is 42.2 Å². The number of nitrogens with zero attached hydrogens (tertiary/aromatic N) is 2. The summed E-state index contributed by atoms with van der Waals surface area (Å²) < 4.78 is 62.7. The molecule has 1 unspecified atom stereocenters. The van der Waals surface area contributed by atoms with E-state index in [9.17, 15) is 23.1 Å². The van der Waals surface area contributed by atoms with Crippen molar-refractivity contribution in [2.75, 3.05) is 53.8 Å². The van der Waals surface area contributed by atoms with Gasteiger partial charge in [-0.2, -0.15) is 4.31 Å². The lowest BCUT2D eigenvalue weighted by Gasteiger charge is -2.31. The van der Waals surface area contributed by atoms with Crippen molar-refractivity contribution in [1.29, 1.82) is 0 Å². The highest BCUT2D eigenvalue weighted by Crippen LogP contribution is 2.35. The normalized spacial score (nSPS) is 21.2. The second-order valence-corrected chi connectivity index (χ2v) is 15.6. The Bertz CT molecular complexity index is 1590. The van der Waals surface area contributed by atoms with E-state index in [1.54, 1.807) is 32.3 Å². The zero-order valence-electron chi connectivity index (χ0n) is 29.8. The van der Waals surface area contributed by atoms with Crippen molar-refractivity contribution in [3.8, 4) is 17.2 Å². The number of urea groups is 1. The Morgan fingerprint density at radius 2 is 1.76 bits per heavy atom. The van der Waals surface area contributed by atoms with Crippen LogP contribution in [-0.2, 0) is 30.7 Å². The molecule has 3 aliphatic rings. The van der Waals surface area contributed by atoms with Gasteiger partial charge in [0.25, 0.3) is 0 Å². The number of hydrogen-bond acceptors (Lipinski definition) is 11. The monoisotopic (exact) mass is 734 g/mol. The fourth-order valence-corrected chi connectivity index (χ4v) is 7.73. The maximum atomic E-state index is 13.9. The lowest BCUT2D eigenvalue weighted by molar-refractivity contribution is -0.0907. The predicted octanol–water partition coefficient (Wildman–Crippen LogP) is 2.95. The fourth-order valence-electron chi connectivity index (χ4n) is 6.09. The van der Waals surface area contributed by atoms with E-state index in [-0.39, 0.29) is 68.3 Å². The van der Waals surface area contributed by atoms with E-state index in [1.807, 2.05) is 32.9 Å². The molecule has 2 aromatic carbocycles. The summed E-state index contributed by atoms with van der Waals surface area (Å²) in [7, 11) is -0.752. The molecule has 3 heterocycles. The zero-order chi connectivity index (χ0) is 36.7. The Hall–Kier alpha value is -3.83. The van der Waals surface area contributed by atoms with Crippen LogP contribution in [0.15, 0.2) is 47.4 Å². The van der Waals surface area contributed by atoms with Crippen molar-refractivity contribution in [2.45, 2.75) is 75.5 Å². The molecule has 16 heteroatoms. The number of fused-ring (bicyclic) bond motifs is 2. The predicted molar refractivity (Wildman–Crippen MR) is 185 cm³/mol. The number of carbonyl (C=O) groups is 2. The lowest BCUT2D eigenvalue weighted by atomic mass is 10.0. The molecule has 282 valence electrons. The Labute approximate surface area is 299 Å². The molecule has 15 nitrogen and oxygen atoms in total. The number of nitrogens with one attached hydrogen (secondary N) is 2. The molecule has 3 aliphatic heterocycles. The first-order valence-electron chi connectivity index (χ1n) is 17.3. The van der Waals surface area contributed by atoms with Crippen LogP contribution in [0.4, 0.5) is 9.59 Å². The summed E-state index contributed by atoms with van der Waals surface area (Å²) >= 11 is 0. The highest BCUT2D eigenvalue weighted by atomic mass is 32.2. The topological polar surface area (TPSA) is 174 Å². The molecule has 6 atom stereocenters. The summed E-state index contributed by atoms with van der Waals surface area (Å²) in [4.78, 5) is 26.8. The Morgan fingerprint density at radius 1 is 1.02 bits per heavy atom. The molecule has 0 spiro atoms. The van der Waals surface area contributed by atoms with Crippen LogP contribution in [0.1, 0.15) is 39.2 Å². The first-order chi connectivity index (χ1) is 24.3. The third-order valence-electron chi connectivity index (χ3n) is 9.01. The number of alkyl carbamates (subject to hydrolysis) is 1. The molecule has 2 saturated heterocycles. The summed E-state index contributed by atoms with van der Waals surface area (Å²) in [5, 5.41) is 17.4. The summed E-state index contributed by atoms with van der Waals surface area (Å²) in [6, 6.07) is 10.2. The number of ether oxygens (including phenoxy) is 6. The smallest absolute Gasteiger partial charge is 0.407 e. The van der Waals surface area contributed by atoms with Gasteiger partial charge in [-0.3, -0.25) is 0 Å². The molecule has 0 bridgehead atoms. The van der Waals surface area contributed by atoms with E-state index >= 15 is 0 Å². The minimum absolute atomic E-state index is 0.000250. The second-order valence-electron chi connectivity index (χ2n) is 13.6. The van der Waals surface area contributed by atoms with Gasteiger partial charge in [0.15, 0.2) is 17.8 Å². The Kier molecular flexibility index (Phi) is 12.9. The van der Waals surface area contributed by atoms with Crippen molar-refractivity contribution in [2.24, 2.45) is 11.8 Å². The highest BCUT2D eigenvalue weighted by Gasteiger charge is 2.44. The van der Waals surface area contributed by atoms with Crippen LogP contribution >= 0.6 is 0 Å². The molecule has 2 aromatic rings. The molecule has 51 heavy (non-hydrogen) atoms. The number of amides is 3. The van der Waals surface area contributed by atoms with E-state index in [1.165, 1.54) is 21.3 Å². The summed E-state index contributed by atoms with van der Waals surface area (Å²) in [5.41, 5.74) is 0.752. The van der Waals surface area contributed by atoms with E-state index in [0.717, 1.165) is 5.56 Å². The van der Waals surface area contributed by atoms with Crippen molar-refractivity contribution < 1.29 is 51.5 Å². The van der Waals surface area contributed by atoms with Crippen LogP contribution in [0, 0.1) is 11.8 Å². The van der Waals surface area contributed by atoms with Crippen LogP contribution in [0.2, 0.25) is 0 Å². The molecule has 3 N–H and O–H groups in total. The largest absolute Gasteiger partial charge is 0.491 e. The van der Waals surface area contributed by atoms with Crippen LogP contribution in [0.25, 0.3) is 0 Å². The minimum Gasteiger partial charge on any atom is -0.491 e. The molecule has 0 aromatic heterocycles. The Morgan fingerprint density at radius 3 is 2.47 bits per heavy atom. The van der Waals surface area contributed by atoms with Crippen LogP contribution in [-0.4, -0.2) is 119 Å². The lowest BCUT2D eigenvalue weighted by Crippen LogP contribution is -2.51. The van der Waals surface area contributed by atoms with E-state index in [0.29, 0.717) is 36.7 Å². The van der Waals surface area contributed by atoms with E-state index < -0.39 is 40.7 Å². The molecule has 2 fully saturated rings. The second kappa shape index (κ2) is 17.1. The third kappa shape index (κ3) is 9.95. The number of aliphatic hydroxyl groups is 1. The van der Waals surface area contributed by atoms with Gasteiger partial charge in [-0.25, -0.2) is 18.0 Å². The molecule has 0 saturated carbocycles. The van der Waals surface area contributed by atoms with Crippen molar-refractivity contribution in [3.63, 3.8) is 0 Å². The highest BCUT2D eigenvalue weighted by molar-refractivity contribution is 7.89. The molecule has 0 radical (unpaired) electrons. The van der Waals surface area contributed by atoms with E-state index in [2.05, 4.69) is 10.6 Å². The SMILES string of the molecule is CCC(COc1ccc(C[C@H](NC(=O)O[C@H]2CO[C@H]3OCC[C@H]32)[C@H](O)CN(CC(C)C)S(=O)(=O)c2ccc3c(c2)OCO3)cc1)NC(=O)N(C)C. The van der Waals surface area contributed by atoms with E-state index in [4.69, 9.17) is 28.4 Å². The maximum Gasteiger partial charge on any atom is 0.407 e. The third-order valence-corrected chi connectivity index (χ3v) is 10.8. The zero-order valence-corrected chi connectivity index (χ0v) is 30.6. The quantitative estimate of drug-likeness (QED) is 0.231. The fraction of sp³-hybridized carbons (Fsp3) is 0.600. The molecule has 5 rings (SSSR count). The molecular formula is C35H50N4O11S. The summed E-state index contributed by atoms with van der Waals surface area (Å²) in [5.74, 6) is 1.20. The standard InChI is InChI=1S/C35H50N4O11S/c1-6-24(36-34(41)38(4)5)19-46-25-9-7-23(8-10-25)15-28(37-35(42)50-32-20-47-33-27(32)13-14-45-33)29(40)18-39(17-22(2)3)51(43,44)26-11-12-30-31(16-26)49-21-48-30/h7-12,16,22,24,27-29,32-33,40H,6,13-15,17-21H2,1-5H3,(H,36,41)(H,37,42)/t24?,27-,28-,29+,32-,33+/m0/s1. The van der Waals surface area contributed by atoms with Gasteiger partial charge in [-0.1, -0.05) is 32.9 Å². The first kappa shape index (κ1) is 38.4. The van der Waals surface area contributed by atoms with Crippen LogP contribution in [0.3, 0.4) is 0 Å². The minimum atomic E-state index is -4.09. The van der Waals surface area contributed by atoms with Gasteiger partial charge in [0, 0.05) is 33.3 Å². The first-order valence-corrected chi connectivity index (χ1v) is 18.8. The van der Waals surface area contributed by atoms with Crippen molar-refractivity contribution in [1.82, 2.24) is 19.8 Å². The van der Waals surface area contributed by atoms with Gasteiger partial charge < -0.3 is 49.1 Å². The average Bonchev–Trinajstić information content (AvgIpc) is 3.85. The average molecular weight is 735 g/mol. The summed E-state index contributed by atoms with van der Waals surface area (Å²) in [6.07, 6.45) is -1.46. The van der Waals surface area contributed by atoms with Gasteiger partial charge in [0.1, 0.15) is 18.5 Å². The number of sulfonamides is 1. The Balaban J connectivity index is 1.30. The molecular weight excluding hydrogens is 684 g/mol. The van der Waals surface area contributed by atoms with Crippen LogP contribution < -0.4 is 24.8 Å². The van der Waals surface area contributed by atoms with Gasteiger partial charge in [-0.05, 0) is 55.0 Å². The maximum absolute atomic E-state index is 13.9. The van der Waals surface area contributed by atoms with Crippen molar-refractivity contribution >= 4 is 22.1 Å². The number of benzene rings is 2. The molecule has 3 amide bonds. The number of carbonyl (C=O) groups excluding carboxylic acids is 2. The van der Waals surface area contributed by atoms with Crippen LogP contribution in [0.5, 0.6) is 17.2 Å². The number of rotatable bonds is 16. The van der Waals surface area contributed by atoms with Gasteiger partial charge >= 0.3 is 12.1 Å².